The minimum atomic E-state index is 0.386. The Morgan fingerprint density at radius 1 is 1.07 bits per heavy atom. The van der Waals surface area contributed by atoms with Crippen LogP contribution in [0, 0.1) is 13.8 Å². The van der Waals surface area contributed by atoms with Gasteiger partial charge in [0.2, 0.25) is 5.13 Å². The zero-order valence-corrected chi connectivity index (χ0v) is 17.7. The SMILES string of the molecule is Cc1nc(N/N=C/c2c(OCc3ccccc3Cl)ccc3ccccc23)sc1C. The number of hydrogen-bond donors (Lipinski definition) is 1. The molecule has 6 heteroatoms. The maximum Gasteiger partial charge on any atom is 0.203 e. The molecule has 4 aromatic rings. The Balaban J connectivity index is 1.63. The predicted octanol–water partition coefficient (Wildman–Crippen LogP) is 6.59. The van der Waals surface area contributed by atoms with Crippen molar-refractivity contribution in [2.45, 2.75) is 20.5 Å². The second-order valence-corrected chi connectivity index (χ2v) is 8.22. The molecule has 0 radical (unpaired) electrons. The average Bonchev–Trinajstić information content (AvgIpc) is 3.05. The van der Waals surface area contributed by atoms with Crippen LogP contribution in [-0.2, 0) is 6.61 Å². The molecule has 0 aliphatic carbocycles. The number of ether oxygens (including phenoxy) is 1. The van der Waals surface area contributed by atoms with Gasteiger partial charge in [-0.1, -0.05) is 60.1 Å². The van der Waals surface area contributed by atoms with Gasteiger partial charge in [0.15, 0.2) is 0 Å². The summed E-state index contributed by atoms with van der Waals surface area (Å²) in [6, 6.07) is 19.9. The highest BCUT2D eigenvalue weighted by molar-refractivity contribution is 7.15. The Hall–Kier alpha value is -2.89. The molecular formula is C23H20ClN3OS. The van der Waals surface area contributed by atoms with Gasteiger partial charge < -0.3 is 4.74 Å². The summed E-state index contributed by atoms with van der Waals surface area (Å²) in [4.78, 5) is 5.64. The molecule has 4 nitrogen and oxygen atoms in total. The third-order valence-corrected chi connectivity index (χ3v) is 6.00. The summed E-state index contributed by atoms with van der Waals surface area (Å²) >= 11 is 7.85. The monoisotopic (exact) mass is 421 g/mol. The van der Waals surface area contributed by atoms with E-state index in [1.165, 1.54) is 4.88 Å². The van der Waals surface area contributed by atoms with E-state index >= 15 is 0 Å². The van der Waals surface area contributed by atoms with Gasteiger partial charge in [-0.3, -0.25) is 5.43 Å². The van der Waals surface area contributed by atoms with Crippen LogP contribution in [0.3, 0.4) is 0 Å². The molecule has 0 fully saturated rings. The third kappa shape index (κ3) is 4.42. The van der Waals surface area contributed by atoms with Crippen molar-refractivity contribution in [3.8, 4) is 5.75 Å². The number of nitrogens with zero attached hydrogens (tertiary/aromatic N) is 2. The maximum atomic E-state index is 6.27. The maximum absolute atomic E-state index is 6.27. The number of aryl methyl sites for hydroxylation is 2. The molecule has 1 aromatic heterocycles. The molecule has 4 rings (SSSR count). The van der Waals surface area contributed by atoms with Crippen molar-refractivity contribution in [2.75, 3.05) is 5.43 Å². The Kier molecular flexibility index (Phi) is 5.79. The van der Waals surface area contributed by atoms with E-state index < -0.39 is 0 Å². The number of anilines is 1. The number of halogens is 1. The molecule has 0 spiro atoms. The summed E-state index contributed by atoms with van der Waals surface area (Å²) in [5, 5.41) is 8.08. The van der Waals surface area contributed by atoms with Gasteiger partial charge in [0, 0.05) is 21.0 Å². The van der Waals surface area contributed by atoms with E-state index in [0.29, 0.717) is 11.6 Å². The summed E-state index contributed by atoms with van der Waals surface area (Å²) in [5.74, 6) is 0.751. The summed E-state index contributed by atoms with van der Waals surface area (Å²) in [6.07, 6.45) is 1.79. The topological polar surface area (TPSA) is 46.5 Å². The highest BCUT2D eigenvalue weighted by Crippen LogP contribution is 2.28. The number of hydrogen-bond acceptors (Lipinski definition) is 5. The molecule has 0 unspecified atom stereocenters. The van der Waals surface area contributed by atoms with Crippen LogP contribution in [0.4, 0.5) is 5.13 Å². The van der Waals surface area contributed by atoms with Crippen molar-refractivity contribution in [3.63, 3.8) is 0 Å². The lowest BCUT2D eigenvalue weighted by atomic mass is 10.0. The molecule has 0 saturated carbocycles. The largest absolute Gasteiger partial charge is 0.488 e. The number of thiazole rings is 1. The van der Waals surface area contributed by atoms with Gasteiger partial charge in [0.05, 0.1) is 11.9 Å². The molecule has 1 heterocycles. The lowest BCUT2D eigenvalue weighted by Crippen LogP contribution is -2.00. The quantitative estimate of drug-likeness (QED) is 0.282. The van der Waals surface area contributed by atoms with Gasteiger partial charge in [-0.05, 0) is 36.8 Å². The van der Waals surface area contributed by atoms with E-state index in [9.17, 15) is 0 Å². The third-order valence-electron chi connectivity index (χ3n) is 4.65. The van der Waals surface area contributed by atoms with Crippen LogP contribution in [0.5, 0.6) is 5.75 Å². The first-order chi connectivity index (χ1) is 14.1. The van der Waals surface area contributed by atoms with Gasteiger partial charge >= 0.3 is 0 Å². The second-order valence-electron chi connectivity index (χ2n) is 6.61. The molecule has 0 bridgehead atoms. The Labute approximate surface area is 178 Å². The van der Waals surface area contributed by atoms with E-state index in [0.717, 1.165) is 38.5 Å². The van der Waals surface area contributed by atoms with Crippen LogP contribution in [0.25, 0.3) is 10.8 Å². The second kappa shape index (κ2) is 8.64. The average molecular weight is 422 g/mol. The lowest BCUT2D eigenvalue weighted by molar-refractivity contribution is 0.306. The number of hydrazone groups is 1. The number of aromatic nitrogens is 1. The van der Waals surface area contributed by atoms with Gasteiger partial charge in [-0.2, -0.15) is 5.10 Å². The highest BCUT2D eigenvalue weighted by atomic mass is 35.5. The molecule has 3 aromatic carbocycles. The minimum absolute atomic E-state index is 0.386. The van der Waals surface area contributed by atoms with Gasteiger partial charge in [0.1, 0.15) is 12.4 Å². The molecule has 0 saturated heterocycles. The van der Waals surface area contributed by atoms with Crippen LogP contribution in [0.2, 0.25) is 5.02 Å². The zero-order chi connectivity index (χ0) is 20.2. The number of rotatable bonds is 6. The molecule has 0 atom stereocenters. The summed E-state index contributed by atoms with van der Waals surface area (Å²) in [6.45, 7) is 4.43. The summed E-state index contributed by atoms with van der Waals surface area (Å²) in [5.41, 5.74) is 5.90. The molecule has 0 aliphatic heterocycles. The van der Waals surface area contributed by atoms with Crippen molar-refractivity contribution in [2.24, 2.45) is 5.10 Å². The van der Waals surface area contributed by atoms with Crippen LogP contribution in [0.15, 0.2) is 65.8 Å². The van der Waals surface area contributed by atoms with Crippen LogP contribution in [0.1, 0.15) is 21.7 Å². The van der Waals surface area contributed by atoms with Crippen LogP contribution >= 0.6 is 22.9 Å². The summed E-state index contributed by atoms with van der Waals surface area (Å²) in [7, 11) is 0. The molecule has 29 heavy (non-hydrogen) atoms. The first-order valence-electron chi connectivity index (χ1n) is 9.23. The fraction of sp³-hybridized carbons (Fsp3) is 0.130. The Morgan fingerprint density at radius 3 is 2.66 bits per heavy atom. The molecule has 0 aliphatic rings. The fourth-order valence-electron chi connectivity index (χ4n) is 2.98. The Bertz CT molecular complexity index is 1170. The van der Waals surface area contributed by atoms with E-state index in [2.05, 4.69) is 33.7 Å². The van der Waals surface area contributed by atoms with E-state index in [1.54, 1.807) is 17.6 Å². The van der Waals surface area contributed by atoms with E-state index in [4.69, 9.17) is 16.3 Å². The minimum Gasteiger partial charge on any atom is -0.488 e. The van der Waals surface area contributed by atoms with Crippen molar-refractivity contribution >= 4 is 45.1 Å². The highest BCUT2D eigenvalue weighted by Gasteiger charge is 2.09. The summed E-state index contributed by atoms with van der Waals surface area (Å²) < 4.78 is 6.12. The predicted molar refractivity (Wildman–Crippen MR) is 123 cm³/mol. The van der Waals surface area contributed by atoms with Crippen LogP contribution in [-0.4, -0.2) is 11.2 Å². The van der Waals surface area contributed by atoms with Crippen LogP contribution < -0.4 is 10.2 Å². The fourth-order valence-corrected chi connectivity index (χ4v) is 3.93. The van der Waals surface area contributed by atoms with Crippen molar-refractivity contribution in [1.82, 2.24) is 4.98 Å². The first-order valence-corrected chi connectivity index (χ1v) is 10.4. The van der Waals surface area contributed by atoms with Crippen molar-refractivity contribution in [3.05, 3.63) is 87.4 Å². The smallest absolute Gasteiger partial charge is 0.203 e. The zero-order valence-electron chi connectivity index (χ0n) is 16.1. The number of benzene rings is 3. The molecule has 0 amide bonds. The molecular weight excluding hydrogens is 402 g/mol. The van der Waals surface area contributed by atoms with Gasteiger partial charge in [-0.15, -0.1) is 11.3 Å². The lowest BCUT2D eigenvalue weighted by Gasteiger charge is -2.12. The Morgan fingerprint density at radius 2 is 1.86 bits per heavy atom. The standard InChI is InChI=1S/C23H20ClN3OS/c1-15-16(2)29-23(26-15)27-25-13-20-19-9-5-3-7-17(19)11-12-22(20)28-14-18-8-4-6-10-21(18)24/h3-13H,14H2,1-2H3,(H,26,27)/b25-13+. The first kappa shape index (κ1) is 19.4. The molecule has 1 N–H and O–H groups in total. The number of nitrogens with one attached hydrogen (secondary N) is 1. The molecule has 146 valence electrons. The van der Waals surface area contributed by atoms with Crippen molar-refractivity contribution in [1.29, 1.82) is 0 Å². The van der Waals surface area contributed by atoms with Gasteiger partial charge in [0.25, 0.3) is 0 Å². The normalized spacial score (nSPS) is 11.3. The van der Waals surface area contributed by atoms with Gasteiger partial charge in [-0.25, -0.2) is 4.98 Å². The number of fused-ring (bicyclic) bond motifs is 1. The van der Waals surface area contributed by atoms with Crippen molar-refractivity contribution < 1.29 is 4.74 Å². The van der Waals surface area contributed by atoms with E-state index in [-0.39, 0.29) is 0 Å². The van der Waals surface area contributed by atoms with E-state index in [1.807, 2.05) is 56.3 Å².